The third kappa shape index (κ3) is 24.5. The summed E-state index contributed by atoms with van der Waals surface area (Å²) in [6.45, 7) is 9.65. The maximum atomic E-state index is 12.9. The molecule has 0 saturated carbocycles. The van der Waals surface area contributed by atoms with E-state index in [1.54, 1.807) is 0 Å². The predicted octanol–water partition coefficient (Wildman–Crippen LogP) is -1.26. The summed E-state index contributed by atoms with van der Waals surface area (Å²) in [6.07, 6.45) is 0.778. The first-order valence-corrected chi connectivity index (χ1v) is 17.6. The Hall–Kier alpha value is -2.58. The number of nitrogens with one attached hydrogen (secondary N) is 4. The van der Waals surface area contributed by atoms with Crippen LogP contribution in [0.4, 0.5) is 0 Å². The van der Waals surface area contributed by atoms with Crippen LogP contribution >= 0.6 is 0 Å². The van der Waals surface area contributed by atoms with Crippen LogP contribution in [-0.4, -0.2) is 132 Å². The Morgan fingerprint density at radius 1 is 0.875 bits per heavy atom. The molecule has 0 heterocycles. The van der Waals surface area contributed by atoms with Crippen molar-refractivity contribution in [2.24, 2.45) is 10.8 Å². The van der Waals surface area contributed by atoms with E-state index in [9.17, 15) is 47.3 Å². The van der Waals surface area contributed by atoms with Gasteiger partial charge in [0, 0.05) is 43.8 Å². The van der Waals surface area contributed by atoms with Crippen LogP contribution in [0.3, 0.4) is 0 Å². The lowest BCUT2D eigenvalue weighted by Gasteiger charge is -2.32. The number of aliphatic carboxylic acids is 1. The summed E-state index contributed by atoms with van der Waals surface area (Å²) in [5, 5.41) is 29.1. The number of carbonyl (C=O) groups excluding carboxylic acids is 4. The molecule has 2 amide bonds. The van der Waals surface area contributed by atoms with E-state index < -0.39 is 44.6 Å². The number of ether oxygens (including phenoxy) is 3. The van der Waals surface area contributed by atoms with E-state index in [1.807, 2.05) is 0 Å². The molecule has 0 bridgehead atoms. The second-order valence-corrected chi connectivity index (χ2v) is 14.4. The third-order valence-electron chi connectivity index (χ3n) is 7.02. The van der Waals surface area contributed by atoms with Crippen LogP contribution in [0.1, 0.15) is 66.7 Å². The summed E-state index contributed by atoms with van der Waals surface area (Å²) < 4.78 is 48.3. The molecule has 0 saturated heterocycles. The lowest BCUT2D eigenvalue weighted by Crippen LogP contribution is -3.07. The number of hydroxylamine groups is 2. The van der Waals surface area contributed by atoms with E-state index in [1.165, 1.54) is 34.6 Å². The van der Waals surface area contributed by atoms with E-state index >= 15 is 0 Å². The van der Waals surface area contributed by atoms with Gasteiger partial charge in [-0.05, 0) is 33.6 Å². The monoisotopic (exact) mass is 712 g/mol. The number of quaternary nitrogens is 1. The fraction of sp³-hybridized carbons (Fsp3) is 0.833. The maximum absolute atomic E-state index is 12.9. The summed E-state index contributed by atoms with van der Waals surface area (Å²) in [5.41, 5.74) is -2.38. The molecule has 48 heavy (non-hydrogen) atoms. The first-order valence-electron chi connectivity index (χ1n) is 16.0. The number of hydrogen-bond acceptors (Lipinski definition) is 12. The van der Waals surface area contributed by atoms with E-state index in [-0.39, 0.29) is 101 Å². The number of ketones is 2. The van der Waals surface area contributed by atoms with Gasteiger partial charge in [0.25, 0.3) is 10.1 Å². The normalized spacial score (nSPS) is 13.5. The van der Waals surface area contributed by atoms with Gasteiger partial charge < -0.3 is 50.3 Å². The van der Waals surface area contributed by atoms with Gasteiger partial charge in [-0.1, -0.05) is 13.8 Å². The minimum absolute atomic E-state index is 0.0272. The molecule has 17 nitrogen and oxygen atoms in total. The molecule has 0 aliphatic heterocycles. The lowest BCUT2D eigenvalue weighted by atomic mass is 9.74. The van der Waals surface area contributed by atoms with Crippen LogP contribution in [0, 0.1) is 16.0 Å². The predicted molar refractivity (Wildman–Crippen MR) is 175 cm³/mol. The Morgan fingerprint density at radius 2 is 1.50 bits per heavy atom. The third-order valence-corrected chi connectivity index (χ3v) is 7.85. The standard InChI is InChI=1S/C30H56N4O13S/c1-23(35)7-6-12-34(41)13-16-45-15-11-32-26(37)20-47-18-17-46-14-10-31-19-25(36)9-8-24(21-48(42,43)44)33-27(38)29(2,3)22-30(4,5)28(39)40/h24,31,34H,6-22H2,1-5H3,(H,32,37)(H,33,38)(H,39,40)(H,42,43,44). The highest BCUT2D eigenvalue weighted by Gasteiger charge is 2.39. The summed E-state index contributed by atoms with van der Waals surface area (Å²) in [6, 6.07) is -1.06. The van der Waals surface area contributed by atoms with Crippen LogP contribution in [0.2, 0.25) is 0 Å². The number of hydrogen-bond donors (Lipinski definition) is 6. The number of carboxylic acids is 1. The van der Waals surface area contributed by atoms with Gasteiger partial charge in [0.1, 0.15) is 24.7 Å². The lowest BCUT2D eigenvalue weighted by molar-refractivity contribution is -0.848. The minimum atomic E-state index is -4.47. The first kappa shape index (κ1) is 45.4. The summed E-state index contributed by atoms with van der Waals surface area (Å²) in [7, 11) is -4.47. The molecule has 2 atom stereocenters. The van der Waals surface area contributed by atoms with Crippen molar-refractivity contribution in [1.29, 1.82) is 0 Å². The van der Waals surface area contributed by atoms with Gasteiger partial charge in [0.2, 0.25) is 11.8 Å². The van der Waals surface area contributed by atoms with Gasteiger partial charge in [-0.15, -0.1) is 0 Å². The molecule has 2 unspecified atom stereocenters. The summed E-state index contributed by atoms with van der Waals surface area (Å²) >= 11 is 0. The molecule has 0 aliphatic carbocycles. The molecular formula is C30H56N4O13S. The van der Waals surface area contributed by atoms with E-state index in [0.717, 1.165) is 0 Å². The summed E-state index contributed by atoms with van der Waals surface area (Å²) in [5.74, 6) is -3.00. The molecule has 280 valence electrons. The molecule has 0 aliphatic rings. The zero-order valence-electron chi connectivity index (χ0n) is 28.9. The second kappa shape index (κ2) is 23.7. The van der Waals surface area contributed by atoms with Crippen LogP contribution in [-0.2, 0) is 48.3 Å². The van der Waals surface area contributed by atoms with E-state index in [2.05, 4.69) is 16.0 Å². The maximum Gasteiger partial charge on any atom is 0.309 e. The van der Waals surface area contributed by atoms with Crippen LogP contribution in [0.25, 0.3) is 0 Å². The van der Waals surface area contributed by atoms with Crippen LogP contribution < -0.4 is 21.0 Å². The van der Waals surface area contributed by atoms with Crippen molar-refractivity contribution < 1.29 is 61.3 Å². The number of carboxylic acid groups (broad SMARTS) is 1. The Kier molecular flexibility index (Phi) is 22.4. The van der Waals surface area contributed by atoms with Gasteiger partial charge >= 0.3 is 5.97 Å². The molecule has 0 radical (unpaired) electrons. The highest BCUT2D eigenvalue weighted by Crippen LogP contribution is 2.34. The second-order valence-electron chi connectivity index (χ2n) is 12.9. The number of carbonyl (C=O) groups is 5. The fourth-order valence-electron chi connectivity index (χ4n) is 4.53. The molecule has 0 aromatic rings. The quantitative estimate of drug-likeness (QED) is 0.0289. The van der Waals surface area contributed by atoms with Crippen LogP contribution in [0.15, 0.2) is 0 Å². The Morgan fingerprint density at radius 3 is 2.12 bits per heavy atom. The molecule has 0 fully saturated rings. The Bertz CT molecular complexity index is 1120. The zero-order chi connectivity index (χ0) is 36.8. The van der Waals surface area contributed by atoms with Gasteiger partial charge in [0.05, 0.1) is 57.3 Å². The van der Waals surface area contributed by atoms with E-state index in [4.69, 9.17) is 14.2 Å². The SMILES string of the molecule is CC(=O)CCC[NH+]([O-])CCOCCNC(=O)COCCOCCNCC(=O)CCC(CS(=O)(=O)O)NC(=O)C(C)(C)CC(C)(C)C(=O)O. The van der Waals surface area contributed by atoms with Gasteiger partial charge in [0.15, 0.2) is 0 Å². The van der Waals surface area contributed by atoms with Crippen molar-refractivity contribution in [3.63, 3.8) is 0 Å². The Labute approximate surface area is 283 Å². The van der Waals surface area contributed by atoms with Crippen molar-refractivity contribution in [3.05, 3.63) is 5.21 Å². The molecule has 0 aromatic heterocycles. The highest BCUT2D eigenvalue weighted by molar-refractivity contribution is 7.85. The first-order chi connectivity index (χ1) is 22.2. The molecule has 18 heteroatoms. The van der Waals surface area contributed by atoms with Crippen molar-refractivity contribution in [1.82, 2.24) is 16.0 Å². The molecule has 0 rings (SSSR count). The average Bonchev–Trinajstić information content (AvgIpc) is 2.95. The highest BCUT2D eigenvalue weighted by atomic mass is 32.2. The fourth-order valence-corrected chi connectivity index (χ4v) is 5.29. The molecular weight excluding hydrogens is 656 g/mol. The summed E-state index contributed by atoms with van der Waals surface area (Å²) in [4.78, 5) is 59.3. The average molecular weight is 713 g/mol. The number of Topliss-reactive ketones (excluding diaryl/α,β-unsaturated/α-hetero) is 2. The van der Waals surface area contributed by atoms with Gasteiger partial charge in [-0.3, -0.25) is 23.7 Å². The van der Waals surface area contributed by atoms with Gasteiger partial charge in [-0.25, -0.2) is 0 Å². The zero-order valence-corrected chi connectivity index (χ0v) is 29.7. The van der Waals surface area contributed by atoms with Crippen molar-refractivity contribution in [2.75, 3.05) is 78.1 Å². The largest absolute Gasteiger partial charge is 0.634 e. The topological polar surface area (TPSA) is 251 Å². The van der Waals surface area contributed by atoms with Crippen LogP contribution in [0.5, 0.6) is 0 Å². The smallest absolute Gasteiger partial charge is 0.309 e. The van der Waals surface area contributed by atoms with E-state index in [0.29, 0.717) is 25.9 Å². The Balaban J connectivity index is 4.09. The van der Waals surface area contributed by atoms with Crippen molar-refractivity contribution >= 4 is 39.5 Å². The molecule has 0 spiro atoms. The van der Waals surface area contributed by atoms with Crippen molar-refractivity contribution in [3.8, 4) is 0 Å². The number of amides is 2. The van der Waals surface area contributed by atoms with Gasteiger partial charge in [-0.2, -0.15) is 8.42 Å². The molecule has 6 N–H and O–H groups in total. The van der Waals surface area contributed by atoms with Crippen molar-refractivity contribution in [2.45, 2.75) is 72.8 Å². The minimum Gasteiger partial charge on any atom is -0.634 e. The number of rotatable bonds is 30. The molecule has 0 aromatic carbocycles.